The Hall–Kier alpha value is -1.84. The predicted molar refractivity (Wildman–Crippen MR) is 68.5 cm³/mol. The highest BCUT2D eigenvalue weighted by molar-refractivity contribution is 5.80. The molecule has 94 valence electrons. The second-order valence-corrected chi connectivity index (χ2v) is 4.86. The quantitative estimate of drug-likeness (QED) is 0.899. The largest absolute Gasteiger partial charge is 0.480 e. The van der Waals surface area contributed by atoms with E-state index in [0.717, 1.165) is 36.1 Å². The van der Waals surface area contributed by atoms with Crippen LogP contribution in [0.15, 0.2) is 24.3 Å². The number of para-hydroxylation sites is 2. The Kier molecular flexibility index (Phi) is 2.58. The van der Waals surface area contributed by atoms with Crippen LogP contribution in [0.3, 0.4) is 0 Å². The molecule has 4 heteroatoms. The summed E-state index contributed by atoms with van der Waals surface area (Å²) in [6.07, 6.45) is 2.77. The van der Waals surface area contributed by atoms with Gasteiger partial charge < -0.3 is 9.67 Å². The van der Waals surface area contributed by atoms with Gasteiger partial charge in [-0.15, -0.1) is 0 Å². The maximum absolute atomic E-state index is 11.5. The van der Waals surface area contributed by atoms with E-state index in [1.54, 1.807) is 0 Å². The summed E-state index contributed by atoms with van der Waals surface area (Å²) < 4.78 is 1.93. The van der Waals surface area contributed by atoms with Gasteiger partial charge >= 0.3 is 5.97 Å². The summed E-state index contributed by atoms with van der Waals surface area (Å²) in [4.78, 5) is 16.1. The zero-order valence-corrected chi connectivity index (χ0v) is 10.3. The van der Waals surface area contributed by atoms with E-state index in [1.807, 2.05) is 35.8 Å². The second kappa shape index (κ2) is 4.12. The Bertz CT molecular complexity index is 599. The summed E-state index contributed by atoms with van der Waals surface area (Å²) in [6, 6.07) is 7.32. The van der Waals surface area contributed by atoms with E-state index in [2.05, 4.69) is 4.98 Å². The van der Waals surface area contributed by atoms with Crippen LogP contribution < -0.4 is 0 Å². The first-order chi connectivity index (χ1) is 8.72. The number of rotatable bonds is 4. The van der Waals surface area contributed by atoms with Gasteiger partial charge in [0.1, 0.15) is 11.9 Å². The van der Waals surface area contributed by atoms with Crippen LogP contribution >= 0.6 is 0 Å². The van der Waals surface area contributed by atoms with E-state index in [4.69, 9.17) is 0 Å². The van der Waals surface area contributed by atoms with Gasteiger partial charge in [0.05, 0.1) is 11.0 Å². The van der Waals surface area contributed by atoms with Gasteiger partial charge in [-0.05, 0) is 30.9 Å². The zero-order chi connectivity index (χ0) is 12.7. The molecule has 3 rings (SSSR count). The number of carbonyl (C=O) groups is 1. The molecule has 0 bridgehead atoms. The average Bonchev–Trinajstić information content (AvgIpc) is 3.11. The van der Waals surface area contributed by atoms with Gasteiger partial charge in [0, 0.05) is 6.42 Å². The fourth-order valence-corrected chi connectivity index (χ4v) is 2.59. The molecule has 1 aromatic heterocycles. The minimum Gasteiger partial charge on any atom is -0.480 e. The topological polar surface area (TPSA) is 55.1 Å². The lowest BCUT2D eigenvalue weighted by molar-refractivity contribution is -0.141. The fraction of sp³-hybridized carbons (Fsp3) is 0.429. The number of aliphatic carboxylic acids is 1. The smallest absolute Gasteiger partial charge is 0.327 e. The Balaban J connectivity index is 2.21. The first-order valence-electron chi connectivity index (χ1n) is 6.41. The van der Waals surface area contributed by atoms with Crippen molar-refractivity contribution in [2.45, 2.75) is 32.2 Å². The summed E-state index contributed by atoms with van der Waals surface area (Å²) in [6.45, 7) is 2.02. The highest BCUT2D eigenvalue weighted by atomic mass is 16.4. The number of nitrogens with zero attached hydrogens (tertiary/aromatic N) is 2. The molecule has 1 atom stereocenters. The molecule has 0 aliphatic heterocycles. The molecular formula is C14H16N2O2. The molecule has 1 saturated carbocycles. The lowest BCUT2D eigenvalue weighted by atomic mass is 10.1. The van der Waals surface area contributed by atoms with Gasteiger partial charge in [0.25, 0.3) is 0 Å². The molecule has 1 aliphatic carbocycles. The minimum absolute atomic E-state index is 0.269. The van der Waals surface area contributed by atoms with Crippen LogP contribution in [0.2, 0.25) is 0 Å². The molecule has 0 amide bonds. The maximum Gasteiger partial charge on any atom is 0.327 e. The Labute approximate surface area is 105 Å². The zero-order valence-electron chi connectivity index (χ0n) is 10.3. The van der Waals surface area contributed by atoms with Crippen LogP contribution in [0.5, 0.6) is 0 Å². The molecule has 4 nitrogen and oxygen atoms in total. The molecule has 1 aromatic carbocycles. The molecule has 1 N–H and O–H groups in total. The van der Waals surface area contributed by atoms with E-state index in [1.165, 1.54) is 0 Å². The monoisotopic (exact) mass is 244 g/mol. The summed E-state index contributed by atoms with van der Waals surface area (Å²) in [5.41, 5.74) is 1.83. The van der Waals surface area contributed by atoms with Crippen LogP contribution in [0.1, 0.15) is 31.6 Å². The van der Waals surface area contributed by atoms with Crippen LogP contribution in [-0.2, 0) is 11.2 Å². The Morgan fingerprint density at radius 3 is 2.83 bits per heavy atom. The first kappa shape index (κ1) is 11.3. The number of fused-ring (bicyclic) bond motifs is 1. The lowest BCUT2D eigenvalue weighted by Gasteiger charge is -2.16. The molecule has 0 saturated heterocycles. The molecule has 0 radical (unpaired) electrons. The van der Waals surface area contributed by atoms with Crippen molar-refractivity contribution in [3.8, 4) is 0 Å². The third kappa shape index (κ3) is 1.68. The van der Waals surface area contributed by atoms with Gasteiger partial charge in [-0.1, -0.05) is 19.1 Å². The first-order valence-corrected chi connectivity index (χ1v) is 6.41. The van der Waals surface area contributed by atoms with E-state index >= 15 is 0 Å². The summed E-state index contributed by atoms with van der Waals surface area (Å²) >= 11 is 0. The highest BCUT2D eigenvalue weighted by Gasteiger charge is 2.39. The van der Waals surface area contributed by atoms with Crippen molar-refractivity contribution in [3.63, 3.8) is 0 Å². The van der Waals surface area contributed by atoms with Gasteiger partial charge in [0.15, 0.2) is 0 Å². The summed E-state index contributed by atoms with van der Waals surface area (Å²) in [7, 11) is 0. The van der Waals surface area contributed by atoms with Gasteiger partial charge in [-0.3, -0.25) is 0 Å². The highest BCUT2D eigenvalue weighted by Crippen LogP contribution is 2.41. The van der Waals surface area contributed by atoms with E-state index in [-0.39, 0.29) is 5.92 Å². The van der Waals surface area contributed by atoms with Crippen molar-refractivity contribution in [1.82, 2.24) is 9.55 Å². The number of carboxylic acids is 1. The minimum atomic E-state index is -0.740. The molecule has 18 heavy (non-hydrogen) atoms. The normalized spacial score (nSPS) is 16.9. The average molecular weight is 244 g/mol. The summed E-state index contributed by atoms with van der Waals surface area (Å²) in [5.74, 6) is 0.399. The Morgan fingerprint density at radius 2 is 2.22 bits per heavy atom. The Morgan fingerprint density at radius 1 is 1.50 bits per heavy atom. The number of imidazole rings is 1. The predicted octanol–water partition coefficient (Wildman–Crippen LogP) is 2.63. The third-order valence-electron chi connectivity index (χ3n) is 3.58. The van der Waals surface area contributed by atoms with Gasteiger partial charge in [-0.2, -0.15) is 0 Å². The number of hydrogen-bond acceptors (Lipinski definition) is 2. The van der Waals surface area contributed by atoms with E-state index in [0.29, 0.717) is 0 Å². The molecular weight excluding hydrogens is 228 g/mol. The molecule has 1 unspecified atom stereocenters. The van der Waals surface area contributed by atoms with E-state index < -0.39 is 12.0 Å². The molecule has 1 heterocycles. The standard InChI is InChI=1S/C14H16N2O2/c1-2-12-15-10-5-3-4-6-11(10)16(12)13(14(17)18)9-7-8-9/h3-6,9,13H,2,7-8H2,1H3,(H,17,18). The van der Waals surface area contributed by atoms with Crippen molar-refractivity contribution >= 4 is 17.0 Å². The van der Waals surface area contributed by atoms with Crippen molar-refractivity contribution in [2.24, 2.45) is 5.92 Å². The molecule has 0 spiro atoms. The van der Waals surface area contributed by atoms with Crippen LogP contribution in [0, 0.1) is 5.92 Å². The van der Waals surface area contributed by atoms with Crippen molar-refractivity contribution in [2.75, 3.05) is 0 Å². The van der Waals surface area contributed by atoms with Crippen molar-refractivity contribution in [3.05, 3.63) is 30.1 Å². The number of benzene rings is 1. The van der Waals surface area contributed by atoms with Gasteiger partial charge in [0.2, 0.25) is 0 Å². The number of carboxylic acid groups (broad SMARTS) is 1. The van der Waals surface area contributed by atoms with Crippen molar-refractivity contribution < 1.29 is 9.90 Å². The summed E-state index contributed by atoms with van der Waals surface area (Å²) in [5, 5.41) is 9.49. The van der Waals surface area contributed by atoms with Crippen LogP contribution in [-0.4, -0.2) is 20.6 Å². The number of hydrogen-bond donors (Lipinski definition) is 1. The molecule has 1 fully saturated rings. The fourth-order valence-electron chi connectivity index (χ4n) is 2.59. The van der Waals surface area contributed by atoms with Crippen LogP contribution in [0.4, 0.5) is 0 Å². The maximum atomic E-state index is 11.5. The van der Waals surface area contributed by atoms with Crippen LogP contribution in [0.25, 0.3) is 11.0 Å². The SMILES string of the molecule is CCc1nc2ccccc2n1C(C(=O)O)C1CC1. The van der Waals surface area contributed by atoms with Gasteiger partial charge in [-0.25, -0.2) is 9.78 Å². The van der Waals surface area contributed by atoms with E-state index in [9.17, 15) is 9.90 Å². The molecule has 2 aromatic rings. The van der Waals surface area contributed by atoms with Crippen molar-refractivity contribution in [1.29, 1.82) is 0 Å². The molecule has 1 aliphatic rings. The third-order valence-corrected chi connectivity index (χ3v) is 3.58. The number of aromatic nitrogens is 2. The second-order valence-electron chi connectivity index (χ2n) is 4.86. The number of aryl methyl sites for hydroxylation is 1. The lowest BCUT2D eigenvalue weighted by Crippen LogP contribution is -2.22.